The molecule has 0 fully saturated rings. The van der Waals surface area contributed by atoms with E-state index in [1.54, 1.807) is 6.07 Å². The average Bonchev–Trinajstić information content (AvgIpc) is 2.01. The average molecular weight is 278 g/mol. The number of hydrogen-bond acceptors (Lipinski definition) is 1. The monoisotopic (exact) mass is 276 g/mol. The smallest absolute Gasteiger partial charge is 0.303 e. The summed E-state index contributed by atoms with van der Waals surface area (Å²) in [5.74, 6) is -0.903. The molecular formula is C10H10BrClO2. The summed E-state index contributed by atoms with van der Waals surface area (Å²) in [7, 11) is 0. The van der Waals surface area contributed by atoms with Crippen LogP contribution in [0.15, 0.2) is 22.7 Å². The van der Waals surface area contributed by atoms with Gasteiger partial charge in [0.15, 0.2) is 0 Å². The van der Waals surface area contributed by atoms with Crippen LogP contribution in [0.3, 0.4) is 0 Å². The second kappa shape index (κ2) is 4.80. The Labute approximate surface area is 96.0 Å². The van der Waals surface area contributed by atoms with Gasteiger partial charge in [0.05, 0.1) is 6.42 Å². The third-order valence-corrected chi connectivity index (χ3v) is 2.99. The Kier molecular flexibility index (Phi) is 3.96. The highest BCUT2D eigenvalue weighted by Crippen LogP contribution is 2.33. The Morgan fingerprint density at radius 2 is 2.29 bits per heavy atom. The molecule has 1 atom stereocenters. The highest BCUT2D eigenvalue weighted by atomic mass is 79.9. The number of hydrogen-bond donors (Lipinski definition) is 1. The van der Waals surface area contributed by atoms with Gasteiger partial charge >= 0.3 is 5.97 Å². The van der Waals surface area contributed by atoms with E-state index < -0.39 is 5.97 Å². The second-order valence-electron chi connectivity index (χ2n) is 3.13. The van der Waals surface area contributed by atoms with Crippen molar-refractivity contribution >= 4 is 33.5 Å². The van der Waals surface area contributed by atoms with Crippen LogP contribution in [0.4, 0.5) is 0 Å². The number of carbonyl (C=O) groups is 1. The van der Waals surface area contributed by atoms with Crippen LogP contribution in [0.1, 0.15) is 24.8 Å². The zero-order valence-electron chi connectivity index (χ0n) is 7.63. The molecule has 2 nitrogen and oxygen atoms in total. The first kappa shape index (κ1) is 11.5. The van der Waals surface area contributed by atoms with Gasteiger partial charge in [0.2, 0.25) is 0 Å². The summed E-state index contributed by atoms with van der Waals surface area (Å²) in [6.07, 6.45) is 0.0856. The normalized spacial score (nSPS) is 12.5. The minimum Gasteiger partial charge on any atom is -0.481 e. The molecule has 1 unspecified atom stereocenters. The van der Waals surface area contributed by atoms with Gasteiger partial charge in [0, 0.05) is 9.50 Å². The molecule has 0 aliphatic rings. The lowest BCUT2D eigenvalue weighted by atomic mass is 9.98. The highest BCUT2D eigenvalue weighted by Gasteiger charge is 2.15. The zero-order chi connectivity index (χ0) is 10.7. The fraction of sp³-hybridized carbons (Fsp3) is 0.300. The molecule has 4 heteroatoms. The fourth-order valence-electron chi connectivity index (χ4n) is 1.35. The minimum absolute atomic E-state index is 0.0856. The van der Waals surface area contributed by atoms with E-state index in [1.807, 2.05) is 19.1 Å². The molecule has 1 aromatic carbocycles. The third kappa shape index (κ3) is 2.72. The van der Waals surface area contributed by atoms with E-state index in [0.717, 1.165) is 10.0 Å². The van der Waals surface area contributed by atoms with Crippen molar-refractivity contribution in [2.75, 3.05) is 0 Å². The number of rotatable bonds is 3. The van der Waals surface area contributed by atoms with Crippen molar-refractivity contribution in [2.24, 2.45) is 0 Å². The Morgan fingerprint density at radius 3 is 2.79 bits per heavy atom. The first-order chi connectivity index (χ1) is 6.52. The maximum absolute atomic E-state index is 10.5. The number of benzene rings is 1. The Hall–Kier alpha value is -0.540. The summed E-state index contributed by atoms with van der Waals surface area (Å²) in [5, 5.41) is 9.27. The van der Waals surface area contributed by atoms with Crippen molar-refractivity contribution in [3.05, 3.63) is 33.3 Å². The number of carboxylic acid groups (broad SMARTS) is 1. The maximum atomic E-state index is 10.5. The van der Waals surface area contributed by atoms with Crippen molar-refractivity contribution in [1.29, 1.82) is 0 Å². The van der Waals surface area contributed by atoms with Crippen LogP contribution in [-0.2, 0) is 4.79 Å². The van der Waals surface area contributed by atoms with Gasteiger partial charge in [-0.15, -0.1) is 0 Å². The Balaban J connectivity index is 2.99. The van der Waals surface area contributed by atoms with Crippen molar-refractivity contribution < 1.29 is 9.90 Å². The molecular weight excluding hydrogens is 267 g/mol. The van der Waals surface area contributed by atoms with Crippen molar-refractivity contribution in [1.82, 2.24) is 0 Å². The van der Waals surface area contributed by atoms with Crippen molar-refractivity contribution in [2.45, 2.75) is 19.3 Å². The molecule has 1 rings (SSSR count). The van der Waals surface area contributed by atoms with E-state index in [0.29, 0.717) is 5.02 Å². The molecule has 0 spiro atoms. The minimum atomic E-state index is -0.815. The Morgan fingerprint density at radius 1 is 1.64 bits per heavy atom. The standard InChI is InChI=1S/C10H10BrClO2/c1-6(5-9(13)14)10-7(11)3-2-4-8(10)12/h2-4,6H,5H2,1H3,(H,13,14). The molecule has 0 heterocycles. The van der Waals surface area contributed by atoms with Gasteiger partial charge in [0.25, 0.3) is 0 Å². The predicted octanol–water partition coefficient (Wildman–Crippen LogP) is 3.68. The molecule has 0 amide bonds. The third-order valence-electron chi connectivity index (χ3n) is 1.97. The first-order valence-corrected chi connectivity index (χ1v) is 5.35. The summed E-state index contributed by atoms with van der Waals surface area (Å²) < 4.78 is 0.860. The summed E-state index contributed by atoms with van der Waals surface area (Å²) in [4.78, 5) is 10.5. The molecule has 1 N–H and O–H groups in total. The molecule has 14 heavy (non-hydrogen) atoms. The lowest BCUT2D eigenvalue weighted by molar-refractivity contribution is -0.137. The lowest BCUT2D eigenvalue weighted by Crippen LogP contribution is -2.04. The fourth-order valence-corrected chi connectivity index (χ4v) is 2.58. The zero-order valence-corrected chi connectivity index (χ0v) is 9.97. The van der Waals surface area contributed by atoms with Crippen molar-refractivity contribution in [3.63, 3.8) is 0 Å². The van der Waals surface area contributed by atoms with Gasteiger partial charge in [-0.2, -0.15) is 0 Å². The van der Waals surface area contributed by atoms with E-state index in [-0.39, 0.29) is 12.3 Å². The topological polar surface area (TPSA) is 37.3 Å². The van der Waals surface area contributed by atoms with Crippen LogP contribution >= 0.6 is 27.5 Å². The van der Waals surface area contributed by atoms with Gasteiger partial charge in [-0.1, -0.05) is 40.5 Å². The molecule has 1 aromatic rings. The quantitative estimate of drug-likeness (QED) is 0.915. The number of carboxylic acids is 1. The predicted molar refractivity (Wildman–Crippen MR) is 59.8 cm³/mol. The van der Waals surface area contributed by atoms with E-state index in [9.17, 15) is 4.79 Å². The molecule has 0 radical (unpaired) electrons. The molecule has 0 bridgehead atoms. The van der Waals surface area contributed by atoms with Crippen LogP contribution in [0.2, 0.25) is 5.02 Å². The van der Waals surface area contributed by atoms with Gasteiger partial charge in [0.1, 0.15) is 0 Å². The van der Waals surface area contributed by atoms with Gasteiger partial charge in [-0.25, -0.2) is 0 Å². The lowest BCUT2D eigenvalue weighted by Gasteiger charge is -2.13. The first-order valence-electron chi connectivity index (χ1n) is 4.18. The molecule has 0 aliphatic heterocycles. The van der Waals surface area contributed by atoms with Crippen LogP contribution in [0, 0.1) is 0 Å². The highest BCUT2D eigenvalue weighted by molar-refractivity contribution is 9.10. The van der Waals surface area contributed by atoms with E-state index in [4.69, 9.17) is 16.7 Å². The summed E-state index contributed by atoms with van der Waals surface area (Å²) in [6, 6.07) is 5.45. The van der Waals surface area contributed by atoms with Gasteiger partial charge in [-0.3, -0.25) is 4.79 Å². The summed E-state index contributed by atoms with van der Waals surface area (Å²) in [5.41, 5.74) is 0.858. The van der Waals surface area contributed by atoms with E-state index in [1.165, 1.54) is 0 Å². The maximum Gasteiger partial charge on any atom is 0.303 e. The summed E-state index contributed by atoms with van der Waals surface area (Å²) >= 11 is 9.35. The SMILES string of the molecule is CC(CC(=O)O)c1c(Cl)cccc1Br. The van der Waals surface area contributed by atoms with Gasteiger partial charge < -0.3 is 5.11 Å². The molecule has 0 saturated carbocycles. The van der Waals surface area contributed by atoms with Crippen LogP contribution in [0.25, 0.3) is 0 Å². The second-order valence-corrected chi connectivity index (χ2v) is 4.40. The van der Waals surface area contributed by atoms with Gasteiger partial charge in [-0.05, 0) is 23.6 Å². The van der Waals surface area contributed by atoms with Crippen LogP contribution in [-0.4, -0.2) is 11.1 Å². The molecule has 0 aromatic heterocycles. The Bertz CT molecular complexity index is 332. The molecule has 76 valence electrons. The number of aliphatic carboxylic acids is 1. The molecule has 0 aliphatic carbocycles. The van der Waals surface area contributed by atoms with Crippen LogP contribution < -0.4 is 0 Å². The van der Waals surface area contributed by atoms with E-state index in [2.05, 4.69) is 15.9 Å². The number of halogens is 2. The largest absolute Gasteiger partial charge is 0.481 e. The molecule has 0 saturated heterocycles. The van der Waals surface area contributed by atoms with Crippen molar-refractivity contribution in [3.8, 4) is 0 Å². The summed E-state index contributed by atoms with van der Waals surface area (Å²) in [6.45, 7) is 1.85. The van der Waals surface area contributed by atoms with Crippen LogP contribution in [0.5, 0.6) is 0 Å². The van der Waals surface area contributed by atoms with E-state index >= 15 is 0 Å².